The van der Waals surface area contributed by atoms with Gasteiger partial charge >= 0.3 is 18.1 Å². The SMILES string of the molecule is COC(=O)c1cc(N(C)C(=O)C(F)(F)F)ccc1N1CCCC1. The minimum atomic E-state index is -4.98. The number of rotatable bonds is 3. The Hall–Kier alpha value is -2.25. The third-order valence-electron chi connectivity index (χ3n) is 3.77. The van der Waals surface area contributed by atoms with Gasteiger partial charge in [0.15, 0.2) is 0 Å². The number of halogens is 3. The summed E-state index contributed by atoms with van der Waals surface area (Å²) in [6.07, 6.45) is -3.02. The molecule has 1 amide bonds. The highest BCUT2D eigenvalue weighted by Gasteiger charge is 2.42. The lowest BCUT2D eigenvalue weighted by Gasteiger charge is -2.24. The molecule has 5 nitrogen and oxygen atoms in total. The molecule has 2 rings (SSSR count). The number of benzene rings is 1. The van der Waals surface area contributed by atoms with Crippen molar-refractivity contribution in [2.45, 2.75) is 19.0 Å². The van der Waals surface area contributed by atoms with Crippen LogP contribution in [0.4, 0.5) is 24.5 Å². The number of methoxy groups -OCH3 is 1. The van der Waals surface area contributed by atoms with E-state index in [4.69, 9.17) is 4.74 Å². The van der Waals surface area contributed by atoms with Crippen molar-refractivity contribution in [1.82, 2.24) is 0 Å². The van der Waals surface area contributed by atoms with Gasteiger partial charge in [0.2, 0.25) is 0 Å². The van der Waals surface area contributed by atoms with Gasteiger partial charge < -0.3 is 14.5 Å². The lowest BCUT2D eigenvalue weighted by atomic mass is 10.1. The molecule has 1 aliphatic heterocycles. The zero-order chi connectivity index (χ0) is 17.2. The third kappa shape index (κ3) is 3.57. The van der Waals surface area contributed by atoms with Gasteiger partial charge in [-0.05, 0) is 31.0 Å². The van der Waals surface area contributed by atoms with Crippen LogP contribution >= 0.6 is 0 Å². The maximum absolute atomic E-state index is 12.5. The average Bonchev–Trinajstić information content (AvgIpc) is 3.05. The number of amides is 1. The van der Waals surface area contributed by atoms with Crippen molar-refractivity contribution in [3.8, 4) is 0 Å². The second-order valence-corrected chi connectivity index (χ2v) is 5.25. The highest BCUT2D eigenvalue weighted by Crippen LogP contribution is 2.30. The van der Waals surface area contributed by atoms with Gasteiger partial charge in [-0.3, -0.25) is 4.79 Å². The van der Waals surface area contributed by atoms with E-state index in [1.165, 1.54) is 19.2 Å². The van der Waals surface area contributed by atoms with E-state index in [0.29, 0.717) is 10.6 Å². The number of anilines is 2. The summed E-state index contributed by atoms with van der Waals surface area (Å²) in [6.45, 7) is 1.53. The van der Waals surface area contributed by atoms with Crippen LogP contribution in [0, 0.1) is 0 Å². The maximum atomic E-state index is 12.5. The van der Waals surface area contributed by atoms with Gasteiger partial charge in [-0.1, -0.05) is 0 Å². The molecule has 0 bridgehead atoms. The van der Waals surface area contributed by atoms with Gasteiger partial charge in [-0.15, -0.1) is 0 Å². The van der Waals surface area contributed by atoms with Crippen molar-refractivity contribution in [1.29, 1.82) is 0 Å². The molecule has 0 N–H and O–H groups in total. The fourth-order valence-electron chi connectivity index (χ4n) is 2.55. The Morgan fingerprint density at radius 3 is 2.35 bits per heavy atom. The van der Waals surface area contributed by atoms with Crippen molar-refractivity contribution in [3.63, 3.8) is 0 Å². The van der Waals surface area contributed by atoms with Crippen molar-refractivity contribution < 1.29 is 27.5 Å². The largest absolute Gasteiger partial charge is 0.471 e. The fraction of sp³-hybridized carbons (Fsp3) is 0.467. The molecular weight excluding hydrogens is 313 g/mol. The highest BCUT2D eigenvalue weighted by atomic mass is 19.4. The van der Waals surface area contributed by atoms with Crippen LogP contribution in [-0.4, -0.2) is 45.3 Å². The molecule has 0 radical (unpaired) electrons. The molecule has 1 fully saturated rings. The topological polar surface area (TPSA) is 49.9 Å². The summed E-state index contributed by atoms with van der Waals surface area (Å²) in [4.78, 5) is 25.7. The van der Waals surface area contributed by atoms with E-state index in [-0.39, 0.29) is 11.3 Å². The highest BCUT2D eigenvalue weighted by molar-refractivity contribution is 6.01. The van der Waals surface area contributed by atoms with E-state index >= 15 is 0 Å². The van der Waals surface area contributed by atoms with E-state index in [9.17, 15) is 22.8 Å². The summed E-state index contributed by atoms with van der Waals surface area (Å²) in [5.41, 5.74) is 0.732. The summed E-state index contributed by atoms with van der Waals surface area (Å²) in [5.74, 6) is -2.65. The lowest BCUT2D eigenvalue weighted by Crippen LogP contribution is -2.38. The van der Waals surface area contributed by atoms with E-state index < -0.39 is 18.1 Å². The van der Waals surface area contributed by atoms with Crippen LogP contribution < -0.4 is 9.80 Å². The minimum Gasteiger partial charge on any atom is -0.465 e. The van der Waals surface area contributed by atoms with Crippen molar-refractivity contribution >= 4 is 23.3 Å². The third-order valence-corrected chi connectivity index (χ3v) is 3.77. The van der Waals surface area contributed by atoms with Crippen molar-refractivity contribution in [2.24, 2.45) is 0 Å². The smallest absolute Gasteiger partial charge is 0.465 e. The van der Waals surface area contributed by atoms with Crippen LogP contribution in [0.15, 0.2) is 18.2 Å². The Balaban J connectivity index is 2.40. The van der Waals surface area contributed by atoms with Gasteiger partial charge in [-0.25, -0.2) is 4.79 Å². The molecular formula is C15H17F3N2O3. The molecule has 0 saturated carbocycles. The molecule has 8 heteroatoms. The van der Waals surface area contributed by atoms with Gasteiger partial charge in [0.1, 0.15) is 0 Å². The Kier molecular flexibility index (Phi) is 4.82. The average molecular weight is 330 g/mol. The van der Waals surface area contributed by atoms with Crippen LogP contribution in [0.5, 0.6) is 0 Å². The zero-order valence-corrected chi connectivity index (χ0v) is 12.8. The van der Waals surface area contributed by atoms with Crippen molar-refractivity contribution in [2.75, 3.05) is 37.0 Å². The molecule has 1 heterocycles. The quantitative estimate of drug-likeness (QED) is 0.800. The maximum Gasteiger partial charge on any atom is 0.471 e. The van der Waals surface area contributed by atoms with Crippen molar-refractivity contribution in [3.05, 3.63) is 23.8 Å². The summed E-state index contributed by atoms with van der Waals surface area (Å²) in [7, 11) is 2.22. The first-order chi connectivity index (χ1) is 10.8. The number of esters is 1. The predicted octanol–water partition coefficient (Wildman–Crippen LogP) is 2.60. The van der Waals surface area contributed by atoms with E-state index in [1.54, 1.807) is 6.07 Å². The van der Waals surface area contributed by atoms with E-state index in [1.807, 2.05) is 4.90 Å². The Morgan fingerprint density at radius 1 is 1.22 bits per heavy atom. The summed E-state index contributed by atoms with van der Waals surface area (Å²) in [6, 6.07) is 4.19. The zero-order valence-electron chi connectivity index (χ0n) is 12.8. The molecule has 0 aromatic heterocycles. The fourth-order valence-corrected chi connectivity index (χ4v) is 2.55. The molecule has 1 aliphatic rings. The van der Waals surface area contributed by atoms with E-state index in [2.05, 4.69) is 0 Å². The van der Waals surface area contributed by atoms with E-state index in [0.717, 1.165) is 33.0 Å². The standard InChI is InChI=1S/C15H17F3N2O3/c1-19(14(22)15(16,17)18)10-5-6-12(20-7-3-4-8-20)11(9-10)13(21)23-2/h5-6,9H,3-4,7-8H2,1-2H3. The number of nitrogens with zero attached hydrogens (tertiary/aromatic N) is 2. The molecule has 1 aromatic carbocycles. The van der Waals surface area contributed by atoms with Crippen LogP contribution in [0.1, 0.15) is 23.2 Å². The van der Waals surface area contributed by atoms with Gasteiger partial charge in [0.05, 0.1) is 18.4 Å². The molecule has 126 valence electrons. The predicted molar refractivity (Wildman–Crippen MR) is 78.7 cm³/mol. The first kappa shape index (κ1) is 17.1. The minimum absolute atomic E-state index is 0.0179. The number of carbonyl (C=O) groups is 2. The normalized spacial score (nSPS) is 14.7. The van der Waals surface area contributed by atoms with Crippen LogP contribution in [0.3, 0.4) is 0 Å². The summed E-state index contributed by atoms with van der Waals surface area (Å²) in [5, 5.41) is 0. The molecule has 0 aliphatic carbocycles. The molecule has 0 spiro atoms. The summed E-state index contributed by atoms with van der Waals surface area (Å²) >= 11 is 0. The first-order valence-electron chi connectivity index (χ1n) is 7.08. The number of hydrogen-bond donors (Lipinski definition) is 0. The Bertz CT molecular complexity index is 610. The molecule has 0 unspecified atom stereocenters. The van der Waals surface area contributed by atoms with Crippen LogP contribution in [-0.2, 0) is 9.53 Å². The Labute approximate surface area is 131 Å². The number of ether oxygens (including phenoxy) is 1. The van der Waals surface area contributed by atoms with Gasteiger partial charge in [0, 0.05) is 25.8 Å². The second kappa shape index (κ2) is 6.47. The number of hydrogen-bond acceptors (Lipinski definition) is 4. The molecule has 0 atom stereocenters. The summed E-state index contributed by atoms with van der Waals surface area (Å²) < 4.78 is 42.3. The van der Waals surface area contributed by atoms with Crippen LogP contribution in [0.2, 0.25) is 0 Å². The Morgan fingerprint density at radius 2 is 1.83 bits per heavy atom. The number of carbonyl (C=O) groups excluding carboxylic acids is 2. The first-order valence-corrected chi connectivity index (χ1v) is 7.08. The molecule has 23 heavy (non-hydrogen) atoms. The number of alkyl halides is 3. The van der Waals surface area contributed by atoms with Gasteiger partial charge in [0.25, 0.3) is 0 Å². The monoisotopic (exact) mass is 330 g/mol. The molecule has 1 saturated heterocycles. The molecule has 1 aromatic rings. The van der Waals surface area contributed by atoms with Gasteiger partial charge in [-0.2, -0.15) is 13.2 Å². The lowest BCUT2D eigenvalue weighted by molar-refractivity contribution is -0.170. The second-order valence-electron chi connectivity index (χ2n) is 5.25. The van der Waals surface area contributed by atoms with Crippen LogP contribution in [0.25, 0.3) is 0 Å².